The van der Waals surface area contributed by atoms with E-state index in [2.05, 4.69) is 12.1 Å². The van der Waals surface area contributed by atoms with Gasteiger partial charge in [0.1, 0.15) is 96.3 Å². The van der Waals surface area contributed by atoms with Crippen LogP contribution in [0.15, 0.2) is 165 Å². The van der Waals surface area contributed by atoms with E-state index >= 15 is 0 Å². The van der Waals surface area contributed by atoms with Gasteiger partial charge in [0.25, 0.3) is 0 Å². The molecule has 12 rings (SSSR count). The highest BCUT2D eigenvalue weighted by Crippen LogP contribution is 2.40. The predicted octanol–water partition coefficient (Wildman–Crippen LogP) is 6.21. The molecule has 3 aromatic heterocycles. The standard InChI is InChI=1S/C54H25B8NO3/c55-44-42(33-15-8-20-38-40(33)31-11-2-5-18-36(31)64-38)45(56)49(60)52(48(44)59)63(27-24-22-26(23-25-27)28-13-7-14-30-29-10-1-4-17-35(29)66-54(28)30)53-50(61)46(57)43(47(58)51(53)62)34-16-9-21-39-41(34)32-12-3-6-19-37(32)65-39/h1-25H. The highest BCUT2D eigenvalue weighted by Gasteiger charge is 2.28. The summed E-state index contributed by atoms with van der Waals surface area (Å²) in [5, 5.41) is 5.43. The Balaban J connectivity index is 1.09. The lowest BCUT2D eigenvalue weighted by Crippen LogP contribution is -2.50. The number of para-hydroxylation sites is 4. The molecule has 0 aliphatic rings. The monoisotopic (exact) mass is 823 g/mol. The summed E-state index contributed by atoms with van der Waals surface area (Å²) in [7, 11) is 57.5. The SMILES string of the molecule is [B]c1c([B])c(N(c2ccc(-c3cccc4c3oc3ccccc34)cc2)c2c([B])c([B])c(-c3cccc4oc5ccccc5c34)c([B])c2[B])c([B])c([B])c1-c1cccc2oc3ccccc3c12. The van der Waals surface area contributed by atoms with Crippen LogP contribution in [0.1, 0.15) is 0 Å². The van der Waals surface area contributed by atoms with Crippen LogP contribution >= 0.6 is 0 Å². The summed E-state index contributed by atoms with van der Waals surface area (Å²) >= 11 is 0. The normalized spacial score (nSPS) is 11.8. The van der Waals surface area contributed by atoms with Crippen LogP contribution in [-0.2, 0) is 0 Å². The third-order valence-corrected chi connectivity index (χ3v) is 12.9. The van der Waals surface area contributed by atoms with E-state index in [1.54, 1.807) is 4.90 Å². The molecule has 288 valence electrons. The summed E-state index contributed by atoms with van der Waals surface area (Å²) in [4.78, 5) is 1.73. The molecule has 66 heavy (non-hydrogen) atoms. The lowest BCUT2D eigenvalue weighted by molar-refractivity contribution is 0.668. The summed E-state index contributed by atoms with van der Waals surface area (Å²) in [6, 6.07) is 48.7. The van der Waals surface area contributed by atoms with E-state index in [4.69, 9.17) is 76.0 Å². The van der Waals surface area contributed by atoms with Crippen molar-refractivity contribution in [1.82, 2.24) is 0 Å². The molecule has 9 aromatic carbocycles. The number of furan rings is 3. The third-order valence-electron chi connectivity index (χ3n) is 12.9. The Kier molecular flexibility index (Phi) is 9.23. The fourth-order valence-corrected chi connectivity index (χ4v) is 9.79. The molecular weight excluding hydrogens is 797 g/mol. The van der Waals surface area contributed by atoms with Crippen molar-refractivity contribution in [3.05, 3.63) is 152 Å². The molecule has 3 heterocycles. The molecule has 0 atom stereocenters. The smallest absolute Gasteiger partial charge is 0.143 e. The van der Waals surface area contributed by atoms with Crippen molar-refractivity contribution in [2.45, 2.75) is 0 Å². The summed E-state index contributed by atoms with van der Waals surface area (Å²) in [6.07, 6.45) is 0. The Hall–Kier alpha value is -7.30. The molecule has 4 nitrogen and oxygen atoms in total. The first kappa shape index (κ1) is 40.2. The topological polar surface area (TPSA) is 42.7 Å². The molecule has 16 radical (unpaired) electrons. The van der Waals surface area contributed by atoms with Crippen LogP contribution in [0.4, 0.5) is 17.1 Å². The van der Waals surface area contributed by atoms with Gasteiger partial charge >= 0.3 is 0 Å². The maximum atomic E-state index is 7.23. The Morgan fingerprint density at radius 2 is 0.682 bits per heavy atom. The van der Waals surface area contributed by atoms with Gasteiger partial charge in [-0.1, -0.05) is 153 Å². The Morgan fingerprint density at radius 3 is 1.17 bits per heavy atom. The van der Waals surface area contributed by atoms with Gasteiger partial charge in [-0.25, -0.2) is 0 Å². The highest BCUT2D eigenvalue weighted by atomic mass is 16.3. The van der Waals surface area contributed by atoms with Gasteiger partial charge in [-0.3, -0.25) is 0 Å². The summed E-state index contributed by atoms with van der Waals surface area (Å²) in [5.41, 5.74) is 10.6. The van der Waals surface area contributed by atoms with E-state index in [9.17, 15) is 0 Å². The molecule has 0 N–H and O–H groups in total. The van der Waals surface area contributed by atoms with Crippen LogP contribution in [0, 0.1) is 0 Å². The summed E-state index contributed by atoms with van der Waals surface area (Å²) in [6.45, 7) is 0. The number of hydrogen-bond donors (Lipinski definition) is 0. The molecule has 0 unspecified atom stereocenters. The van der Waals surface area contributed by atoms with Gasteiger partial charge in [-0.15, -0.1) is 0 Å². The lowest BCUT2D eigenvalue weighted by atomic mass is 9.62. The number of anilines is 3. The van der Waals surface area contributed by atoms with E-state index < -0.39 is 0 Å². The number of benzene rings is 9. The lowest BCUT2D eigenvalue weighted by Gasteiger charge is -2.37. The second-order valence-corrected chi connectivity index (χ2v) is 16.5. The average Bonchev–Trinajstić information content (AvgIpc) is 4.05. The summed E-state index contributed by atoms with van der Waals surface area (Å²) in [5.74, 6) is 0. The van der Waals surface area contributed by atoms with Gasteiger partial charge in [0.2, 0.25) is 0 Å². The van der Waals surface area contributed by atoms with Crippen molar-refractivity contribution in [1.29, 1.82) is 0 Å². The molecule has 0 spiro atoms. The molecule has 0 fully saturated rings. The van der Waals surface area contributed by atoms with Crippen LogP contribution in [0.3, 0.4) is 0 Å². The summed E-state index contributed by atoms with van der Waals surface area (Å²) < 4.78 is 18.9. The minimum absolute atomic E-state index is 0.118. The second-order valence-electron chi connectivity index (χ2n) is 16.5. The maximum absolute atomic E-state index is 7.23. The molecule has 12 aromatic rings. The fourth-order valence-electron chi connectivity index (χ4n) is 9.79. The van der Waals surface area contributed by atoms with Gasteiger partial charge in [0.05, 0.1) is 0 Å². The van der Waals surface area contributed by atoms with E-state index in [-0.39, 0.29) is 55.1 Å². The van der Waals surface area contributed by atoms with Crippen molar-refractivity contribution in [2.75, 3.05) is 4.90 Å². The van der Waals surface area contributed by atoms with Gasteiger partial charge < -0.3 is 18.2 Å². The number of rotatable bonds is 6. The molecular formula is C54H25B8NO3. The fraction of sp³-hybridized carbons (Fsp3) is 0. The van der Waals surface area contributed by atoms with Crippen LogP contribution < -0.4 is 48.6 Å². The Labute approximate surface area is 390 Å². The van der Waals surface area contributed by atoms with Gasteiger partial charge in [0, 0.05) is 54.9 Å². The van der Waals surface area contributed by atoms with E-state index in [1.807, 2.05) is 140 Å². The molecule has 0 aliphatic heterocycles. The quantitative estimate of drug-likeness (QED) is 0.188. The zero-order chi connectivity index (χ0) is 45.1. The largest absolute Gasteiger partial charge is 0.456 e. The molecule has 0 saturated carbocycles. The van der Waals surface area contributed by atoms with Crippen molar-refractivity contribution in [2.24, 2.45) is 0 Å². The number of nitrogens with zero attached hydrogens (tertiary/aromatic N) is 1. The van der Waals surface area contributed by atoms with E-state index in [0.717, 1.165) is 54.6 Å². The average molecular weight is 822 g/mol. The van der Waals surface area contributed by atoms with Crippen LogP contribution in [0.2, 0.25) is 0 Å². The Bertz CT molecular complexity index is 3760. The molecule has 0 bridgehead atoms. The van der Waals surface area contributed by atoms with Crippen LogP contribution in [0.5, 0.6) is 0 Å². The van der Waals surface area contributed by atoms with Crippen molar-refractivity contribution < 1.29 is 13.3 Å². The molecule has 0 amide bonds. The first-order valence-corrected chi connectivity index (χ1v) is 21.2. The van der Waals surface area contributed by atoms with Crippen molar-refractivity contribution in [3.8, 4) is 33.4 Å². The van der Waals surface area contributed by atoms with Crippen molar-refractivity contribution in [3.63, 3.8) is 0 Å². The van der Waals surface area contributed by atoms with E-state index in [1.165, 1.54) is 0 Å². The maximum Gasteiger partial charge on any atom is 0.143 e. The Morgan fingerprint density at radius 1 is 0.303 bits per heavy atom. The zero-order valence-corrected chi connectivity index (χ0v) is 35.2. The van der Waals surface area contributed by atoms with Gasteiger partial charge in [-0.05, 0) is 70.3 Å². The highest BCUT2D eigenvalue weighted by molar-refractivity contribution is 6.66. The number of fused-ring (bicyclic) bond motifs is 9. The zero-order valence-electron chi connectivity index (χ0n) is 35.2. The number of hydrogen-bond acceptors (Lipinski definition) is 4. The first-order valence-electron chi connectivity index (χ1n) is 21.2. The minimum Gasteiger partial charge on any atom is -0.456 e. The van der Waals surface area contributed by atoms with Crippen LogP contribution in [-0.4, -0.2) is 62.8 Å². The third kappa shape index (κ3) is 5.83. The molecule has 0 aliphatic carbocycles. The molecule has 0 saturated heterocycles. The second kappa shape index (κ2) is 15.1. The van der Waals surface area contributed by atoms with Gasteiger partial charge in [0.15, 0.2) is 0 Å². The van der Waals surface area contributed by atoms with Gasteiger partial charge in [-0.2, -0.15) is 0 Å². The predicted molar refractivity (Wildman–Crippen MR) is 282 cm³/mol. The first-order chi connectivity index (χ1) is 32.1. The minimum atomic E-state index is 0.118. The van der Waals surface area contributed by atoms with Crippen molar-refractivity contribution >= 4 is 189 Å². The molecule has 12 heteroatoms. The van der Waals surface area contributed by atoms with Crippen LogP contribution in [0.25, 0.3) is 99.2 Å². The van der Waals surface area contributed by atoms with E-state index in [0.29, 0.717) is 50.3 Å².